The maximum absolute atomic E-state index is 12.2. The van der Waals surface area contributed by atoms with E-state index in [0.717, 1.165) is 4.91 Å². The van der Waals surface area contributed by atoms with Crippen LogP contribution in [-0.4, -0.2) is 17.8 Å². The van der Waals surface area contributed by atoms with Gasteiger partial charge in [-0.3, -0.25) is 9.59 Å². The molecule has 3 heteroatoms. The standard InChI is InChI=1S/C18H16O2S/c1-21-16(12-17(19)14-8-4-2-5-9-14)13-18(20)15-10-6-3-7-11-15/h2-12H,13H2,1H3/b16-12+. The Balaban J connectivity index is 2.11. The van der Waals surface area contributed by atoms with Crippen molar-refractivity contribution in [3.63, 3.8) is 0 Å². The lowest BCUT2D eigenvalue weighted by molar-refractivity contribution is 0.0995. The fourth-order valence-corrected chi connectivity index (χ4v) is 2.40. The first-order chi connectivity index (χ1) is 10.2. The van der Waals surface area contributed by atoms with E-state index in [1.54, 1.807) is 30.3 Å². The Bertz CT molecular complexity index is 645. The van der Waals surface area contributed by atoms with Crippen LogP contribution in [0.4, 0.5) is 0 Å². The van der Waals surface area contributed by atoms with Gasteiger partial charge in [-0.2, -0.15) is 0 Å². The number of carbonyl (C=O) groups excluding carboxylic acids is 2. The molecule has 2 nitrogen and oxygen atoms in total. The Hall–Kier alpha value is -2.13. The molecule has 106 valence electrons. The highest BCUT2D eigenvalue weighted by molar-refractivity contribution is 8.02. The van der Waals surface area contributed by atoms with Crippen LogP contribution in [0.3, 0.4) is 0 Å². The van der Waals surface area contributed by atoms with Crippen molar-refractivity contribution in [2.75, 3.05) is 6.26 Å². The quantitative estimate of drug-likeness (QED) is 0.585. The zero-order valence-electron chi connectivity index (χ0n) is 11.8. The molecule has 2 aromatic rings. The predicted octanol–water partition coefficient (Wildman–Crippen LogP) is 4.39. The molecule has 0 radical (unpaired) electrons. The van der Waals surface area contributed by atoms with Crippen LogP contribution in [0.25, 0.3) is 0 Å². The van der Waals surface area contributed by atoms with Crippen molar-refractivity contribution in [3.05, 3.63) is 82.8 Å². The van der Waals surface area contributed by atoms with E-state index in [1.807, 2.05) is 42.7 Å². The van der Waals surface area contributed by atoms with Crippen LogP contribution in [0, 0.1) is 0 Å². The summed E-state index contributed by atoms with van der Waals surface area (Å²) in [6.07, 6.45) is 3.69. The lowest BCUT2D eigenvalue weighted by Gasteiger charge is -2.04. The molecule has 0 aliphatic carbocycles. The van der Waals surface area contributed by atoms with E-state index in [2.05, 4.69) is 0 Å². The highest BCUT2D eigenvalue weighted by atomic mass is 32.2. The zero-order chi connectivity index (χ0) is 15.1. The van der Waals surface area contributed by atoms with E-state index in [0.29, 0.717) is 11.1 Å². The van der Waals surface area contributed by atoms with Crippen LogP contribution in [0.1, 0.15) is 27.1 Å². The topological polar surface area (TPSA) is 34.1 Å². The molecule has 0 amide bonds. The Morgan fingerprint density at radius 2 is 1.43 bits per heavy atom. The number of benzene rings is 2. The van der Waals surface area contributed by atoms with Crippen LogP contribution in [0.15, 0.2) is 71.6 Å². The molecular weight excluding hydrogens is 280 g/mol. The summed E-state index contributed by atoms with van der Waals surface area (Å²) in [6.45, 7) is 0. The van der Waals surface area contributed by atoms with Gasteiger partial charge in [0, 0.05) is 17.5 Å². The summed E-state index contributed by atoms with van der Waals surface area (Å²) >= 11 is 1.44. The van der Waals surface area contributed by atoms with Crippen molar-refractivity contribution < 1.29 is 9.59 Å². The summed E-state index contributed by atoms with van der Waals surface area (Å²) in [5, 5.41) is 0. The summed E-state index contributed by atoms with van der Waals surface area (Å²) in [7, 11) is 0. The van der Waals surface area contributed by atoms with E-state index >= 15 is 0 Å². The molecule has 0 aromatic heterocycles. The van der Waals surface area contributed by atoms with E-state index in [-0.39, 0.29) is 18.0 Å². The monoisotopic (exact) mass is 296 g/mol. The first kappa shape index (κ1) is 15.3. The van der Waals surface area contributed by atoms with Crippen molar-refractivity contribution in [3.8, 4) is 0 Å². The van der Waals surface area contributed by atoms with Gasteiger partial charge in [0.05, 0.1) is 0 Å². The number of allylic oxidation sites excluding steroid dienone is 2. The Labute approximate surface area is 128 Å². The SMILES string of the molecule is CS/C(=C/C(=O)c1ccccc1)CC(=O)c1ccccc1. The number of carbonyl (C=O) groups is 2. The molecular formula is C18H16O2S. The van der Waals surface area contributed by atoms with Gasteiger partial charge in [0.25, 0.3) is 0 Å². The van der Waals surface area contributed by atoms with Crippen LogP contribution in [-0.2, 0) is 0 Å². The second-order valence-electron chi connectivity index (χ2n) is 4.51. The molecule has 21 heavy (non-hydrogen) atoms. The van der Waals surface area contributed by atoms with Crippen LogP contribution < -0.4 is 0 Å². The van der Waals surface area contributed by atoms with Gasteiger partial charge >= 0.3 is 0 Å². The maximum Gasteiger partial charge on any atom is 0.186 e. The summed E-state index contributed by atoms with van der Waals surface area (Å²) in [5.41, 5.74) is 1.31. The van der Waals surface area contributed by atoms with Gasteiger partial charge < -0.3 is 0 Å². The Kier molecular flexibility index (Phi) is 5.52. The number of rotatable bonds is 6. The number of hydrogen-bond donors (Lipinski definition) is 0. The highest BCUT2D eigenvalue weighted by Crippen LogP contribution is 2.20. The third-order valence-corrected chi connectivity index (χ3v) is 3.83. The molecule has 0 saturated carbocycles. The van der Waals surface area contributed by atoms with E-state index in [1.165, 1.54) is 11.8 Å². The predicted molar refractivity (Wildman–Crippen MR) is 87.8 cm³/mol. The van der Waals surface area contributed by atoms with Gasteiger partial charge in [0.2, 0.25) is 0 Å². The van der Waals surface area contributed by atoms with Gasteiger partial charge in [-0.25, -0.2) is 0 Å². The minimum Gasteiger partial charge on any atom is -0.294 e. The van der Waals surface area contributed by atoms with Crippen molar-refractivity contribution >= 4 is 23.3 Å². The van der Waals surface area contributed by atoms with Crippen LogP contribution in [0.5, 0.6) is 0 Å². The smallest absolute Gasteiger partial charge is 0.186 e. The Morgan fingerprint density at radius 1 is 0.905 bits per heavy atom. The van der Waals surface area contributed by atoms with Crippen LogP contribution in [0.2, 0.25) is 0 Å². The maximum atomic E-state index is 12.2. The van der Waals surface area contributed by atoms with Crippen LogP contribution >= 0.6 is 11.8 Å². The molecule has 0 aliphatic heterocycles. The zero-order valence-corrected chi connectivity index (χ0v) is 12.6. The summed E-state index contributed by atoms with van der Waals surface area (Å²) in [5.74, 6) is -0.0436. The van der Waals surface area contributed by atoms with Gasteiger partial charge in [-0.05, 0) is 17.2 Å². The van der Waals surface area contributed by atoms with E-state index in [4.69, 9.17) is 0 Å². The van der Waals surface area contributed by atoms with Crippen molar-refractivity contribution in [1.29, 1.82) is 0 Å². The second kappa shape index (κ2) is 7.60. The molecule has 0 saturated heterocycles. The lowest BCUT2D eigenvalue weighted by Crippen LogP contribution is -2.01. The highest BCUT2D eigenvalue weighted by Gasteiger charge is 2.10. The summed E-state index contributed by atoms with van der Waals surface area (Å²) < 4.78 is 0. The molecule has 0 heterocycles. The normalized spacial score (nSPS) is 11.2. The van der Waals surface area contributed by atoms with Gasteiger partial charge in [0.15, 0.2) is 11.6 Å². The number of hydrogen-bond acceptors (Lipinski definition) is 3. The molecule has 2 rings (SSSR count). The van der Waals surface area contributed by atoms with Crippen molar-refractivity contribution in [2.24, 2.45) is 0 Å². The van der Waals surface area contributed by atoms with E-state index in [9.17, 15) is 9.59 Å². The molecule has 0 fully saturated rings. The van der Waals surface area contributed by atoms with Gasteiger partial charge in [0.1, 0.15) is 0 Å². The first-order valence-corrected chi connectivity index (χ1v) is 7.85. The fraction of sp³-hybridized carbons (Fsp3) is 0.111. The summed E-state index contributed by atoms with van der Waals surface area (Å²) in [6, 6.07) is 18.2. The molecule has 0 bridgehead atoms. The summed E-state index contributed by atoms with van der Waals surface area (Å²) in [4.78, 5) is 25.1. The lowest BCUT2D eigenvalue weighted by atomic mass is 10.1. The number of ketones is 2. The largest absolute Gasteiger partial charge is 0.294 e. The molecule has 2 aromatic carbocycles. The minimum atomic E-state index is -0.0687. The average molecular weight is 296 g/mol. The van der Waals surface area contributed by atoms with Crippen molar-refractivity contribution in [2.45, 2.75) is 6.42 Å². The van der Waals surface area contributed by atoms with Gasteiger partial charge in [-0.1, -0.05) is 60.7 Å². The molecule has 0 atom stereocenters. The third-order valence-electron chi connectivity index (χ3n) is 3.04. The van der Waals surface area contributed by atoms with E-state index < -0.39 is 0 Å². The van der Waals surface area contributed by atoms with Gasteiger partial charge in [-0.15, -0.1) is 11.8 Å². The molecule has 0 aliphatic rings. The number of Topliss-reactive ketones (excluding diaryl/α,β-unsaturated/α-hetero) is 1. The molecule has 0 spiro atoms. The average Bonchev–Trinajstić information content (AvgIpc) is 2.55. The Morgan fingerprint density at radius 3 is 1.95 bits per heavy atom. The molecule has 0 N–H and O–H groups in total. The minimum absolute atomic E-state index is 0.0251. The second-order valence-corrected chi connectivity index (χ2v) is 5.44. The van der Waals surface area contributed by atoms with Crippen molar-refractivity contribution in [1.82, 2.24) is 0 Å². The third kappa shape index (κ3) is 4.43. The first-order valence-electron chi connectivity index (χ1n) is 6.63. The fourth-order valence-electron chi connectivity index (χ4n) is 1.90. The molecule has 0 unspecified atom stereocenters. The number of thioether (sulfide) groups is 1.